The van der Waals surface area contributed by atoms with Gasteiger partial charge in [0.1, 0.15) is 0 Å². The number of nitrogens with one attached hydrogen (secondary N) is 1. The summed E-state index contributed by atoms with van der Waals surface area (Å²) in [5.41, 5.74) is 0. The SMILES string of the molecule is CN/C=C/c1ccno1. The highest BCUT2D eigenvalue weighted by molar-refractivity contribution is 5.40. The molecule has 9 heavy (non-hydrogen) atoms. The highest BCUT2D eigenvalue weighted by Gasteiger charge is 1.85. The van der Waals surface area contributed by atoms with Crippen LogP contribution in [0.5, 0.6) is 0 Å². The van der Waals surface area contributed by atoms with E-state index in [4.69, 9.17) is 4.52 Å². The Kier molecular flexibility index (Phi) is 1.90. The number of aromatic nitrogens is 1. The standard InChI is InChI=1S/C6H8N2O/c1-7-4-2-6-3-5-8-9-6/h2-5,7H,1H3/b4-2+. The lowest BCUT2D eigenvalue weighted by atomic mass is 10.4. The molecule has 0 spiro atoms. The number of rotatable bonds is 2. The van der Waals surface area contributed by atoms with Crippen molar-refractivity contribution in [3.05, 3.63) is 24.2 Å². The van der Waals surface area contributed by atoms with Gasteiger partial charge in [0, 0.05) is 13.1 Å². The van der Waals surface area contributed by atoms with Crippen molar-refractivity contribution in [1.82, 2.24) is 10.5 Å². The van der Waals surface area contributed by atoms with Gasteiger partial charge in [-0.15, -0.1) is 0 Å². The predicted octanol–water partition coefficient (Wildman–Crippen LogP) is 0.865. The van der Waals surface area contributed by atoms with Crippen LogP contribution in [0.15, 0.2) is 23.0 Å². The highest BCUT2D eigenvalue weighted by Crippen LogP contribution is 1.96. The first-order valence-corrected chi connectivity index (χ1v) is 2.68. The topological polar surface area (TPSA) is 38.1 Å². The Bertz CT molecular complexity index is 179. The second-order valence-corrected chi connectivity index (χ2v) is 1.54. The van der Waals surface area contributed by atoms with Gasteiger partial charge >= 0.3 is 0 Å². The molecule has 0 unspecified atom stereocenters. The third-order valence-corrected chi connectivity index (χ3v) is 0.872. The van der Waals surface area contributed by atoms with Crippen LogP contribution < -0.4 is 5.32 Å². The Morgan fingerprint density at radius 3 is 3.22 bits per heavy atom. The van der Waals surface area contributed by atoms with Gasteiger partial charge in [0.2, 0.25) is 0 Å². The average Bonchev–Trinajstić information content (AvgIpc) is 2.34. The van der Waals surface area contributed by atoms with E-state index in [-0.39, 0.29) is 0 Å². The molecule has 48 valence electrons. The zero-order valence-corrected chi connectivity index (χ0v) is 5.16. The third kappa shape index (κ3) is 1.60. The summed E-state index contributed by atoms with van der Waals surface area (Å²) in [6, 6.07) is 1.79. The van der Waals surface area contributed by atoms with Crippen molar-refractivity contribution in [2.75, 3.05) is 7.05 Å². The van der Waals surface area contributed by atoms with E-state index < -0.39 is 0 Å². The van der Waals surface area contributed by atoms with Crippen LogP contribution in [0.4, 0.5) is 0 Å². The van der Waals surface area contributed by atoms with Gasteiger partial charge in [-0.25, -0.2) is 0 Å². The molecule has 1 aromatic rings. The van der Waals surface area contributed by atoms with E-state index in [1.54, 1.807) is 24.5 Å². The summed E-state index contributed by atoms with van der Waals surface area (Å²) < 4.78 is 4.76. The Balaban J connectivity index is 2.57. The van der Waals surface area contributed by atoms with E-state index in [2.05, 4.69) is 10.5 Å². The van der Waals surface area contributed by atoms with Gasteiger partial charge in [-0.05, 0) is 12.3 Å². The van der Waals surface area contributed by atoms with Gasteiger partial charge in [0.05, 0.1) is 6.20 Å². The van der Waals surface area contributed by atoms with Crippen LogP contribution >= 0.6 is 0 Å². The van der Waals surface area contributed by atoms with Gasteiger partial charge in [0.15, 0.2) is 5.76 Å². The second kappa shape index (κ2) is 2.91. The van der Waals surface area contributed by atoms with Gasteiger partial charge in [-0.3, -0.25) is 0 Å². The molecule has 1 rings (SSSR count). The van der Waals surface area contributed by atoms with Gasteiger partial charge < -0.3 is 9.84 Å². The molecular weight excluding hydrogens is 116 g/mol. The van der Waals surface area contributed by atoms with E-state index >= 15 is 0 Å². The maximum Gasteiger partial charge on any atom is 0.161 e. The summed E-state index contributed by atoms with van der Waals surface area (Å²) in [4.78, 5) is 0. The fourth-order valence-electron chi connectivity index (χ4n) is 0.477. The van der Waals surface area contributed by atoms with Crippen molar-refractivity contribution in [2.45, 2.75) is 0 Å². The minimum Gasteiger partial charge on any atom is -0.394 e. The van der Waals surface area contributed by atoms with Crippen molar-refractivity contribution in [2.24, 2.45) is 0 Å². The highest BCUT2D eigenvalue weighted by atomic mass is 16.5. The maximum absolute atomic E-state index is 4.76. The maximum atomic E-state index is 4.76. The first-order valence-electron chi connectivity index (χ1n) is 2.68. The van der Waals surface area contributed by atoms with Crippen molar-refractivity contribution in [3.63, 3.8) is 0 Å². The molecule has 0 bridgehead atoms. The molecule has 0 amide bonds. The van der Waals surface area contributed by atoms with Gasteiger partial charge in [-0.2, -0.15) is 0 Å². The molecule has 1 heterocycles. The molecule has 0 aromatic carbocycles. The fraction of sp³-hybridized carbons (Fsp3) is 0.167. The molecule has 0 aliphatic heterocycles. The molecule has 1 N–H and O–H groups in total. The van der Waals surface area contributed by atoms with Gasteiger partial charge in [-0.1, -0.05) is 5.16 Å². The molecular formula is C6H8N2O. The van der Waals surface area contributed by atoms with Crippen LogP contribution in [0.25, 0.3) is 6.08 Å². The number of hydrogen-bond acceptors (Lipinski definition) is 3. The van der Waals surface area contributed by atoms with Crippen LogP contribution in [0.3, 0.4) is 0 Å². The molecule has 0 aliphatic rings. The van der Waals surface area contributed by atoms with E-state index in [1.165, 1.54) is 0 Å². The molecule has 0 fully saturated rings. The molecule has 0 saturated heterocycles. The van der Waals surface area contributed by atoms with Gasteiger partial charge in [0.25, 0.3) is 0 Å². The van der Waals surface area contributed by atoms with Crippen molar-refractivity contribution in [1.29, 1.82) is 0 Å². The summed E-state index contributed by atoms with van der Waals surface area (Å²) in [5, 5.41) is 6.36. The summed E-state index contributed by atoms with van der Waals surface area (Å²) in [7, 11) is 1.83. The molecule has 1 aromatic heterocycles. The number of nitrogens with zero attached hydrogens (tertiary/aromatic N) is 1. The smallest absolute Gasteiger partial charge is 0.161 e. The Morgan fingerprint density at radius 1 is 1.78 bits per heavy atom. The predicted molar refractivity (Wildman–Crippen MR) is 34.6 cm³/mol. The summed E-state index contributed by atoms with van der Waals surface area (Å²) in [6.07, 6.45) is 5.18. The lowest BCUT2D eigenvalue weighted by Gasteiger charge is -1.81. The average molecular weight is 124 g/mol. The van der Waals surface area contributed by atoms with Crippen LogP contribution in [-0.2, 0) is 0 Å². The number of hydrogen-bond donors (Lipinski definition) is 1. The lowest BCUT2D eigenvalue weighted by molar-refractivity contribution is 0.412. The van der Waals surface area contributed by atoms with Crippen LogP contribution in [0.1, 0.15) is 5.76 Å². The second-order valence-electron chi connectivity index (χ2n) is 1.54. The molecule has 0 aliphatic carbocycles. The quantitative estimate of drug-likeness (QED) is 0.635. The molecule has 3 heteroatoms. The largest absolute Gasteiger partial charge is 0.394 e. The van der Waals surface area contributed by atoms with Crippen LogP contribution in [-0.4, -0.2) is 12.2 Å². The third-order valence-electron chi connectivity index (χ3n) is 0.872. The van der Waals surface area contributed by atoms with Crippen molar-refractivity contribution >= 4 is 6.08 Å². The molecule has 0 radical (unpaired) electrons. The molecule has 3 nitrogen and oxygen atoms in total. The summed E-state index contributed by atoms with van der Waals surface area (Å²) >= 11 is 0. The van der Waals surface area contributed by atoms with E-state index in [0.717, 1.165) is 5.76 Å². The van der Waals surface area contributed by atoms with E-state index in [1.807, 2.05) is 7.05 Å². The molecule has 0 atom stereocenters. The Hall–Kier alpha value is -1.25. The first-order chi connectivity index (χ1) is 4.43. The zero-order chi connectivity index (χ0) is 6.53. The summed E-state index contributed by atoms with van der Waals surface area (Å²) in [5.74, 6) is 0.754. The van der Waals surface area contributed by atoms with E-state index in [9.17, 15) is 0 Å². The monoisotopic (exact) mass is 124 g/mol. The van der Waals surface area contributed by atoms with E-state index in [0.29, 0.717) is 0 Å². The van der Waals surface area contributed by atoms with Crippen molar-refractivity contribution < 1.29 is 4.52 Å². The van der Waals surface area contributed by atoms with Crippen LogP contribution in [0, 0.1) is 0 Å². The van der Waals surface area contributed by atoms with Crippen LogP contribution in [0.2, 0.25) is 0 Å². The molecule has 0 saturated carbocycles. The fourth-order valence-corrected chi connectivity index (χ4v) is 0.477. The Labute approximate surface area is 53.4 Å². The lowest BCUT2D eigenvalue weighted by Crippen LogP contribution is -1.89. The minimum absolute atomic E-state index is 0.754. The normalized spacial score (nSPS) is 10.3. The Morgan fingerprint density at radius 2 is 2.67 bits per heavy atom. The van der Waals surface area contributed by atoms with Crippen molar-refractivity contribution in [3.8, 4) is 0 Å². The summed E-state index contributed by atoms with van der Waals surface area (Å²) in [6.45, 7) is 0. The zero-order valence-electron chi connectivity index (χ0n) is 5.16. The minimum atomic E-state index is 0.754. The first kappa shape index (κ1) is 5.88.